The first-order chi connectivity index (χ1) is 17.5. The summed E-state index contributed by atoms with van der Waals surface area (Å²) in [6.07, 6.45) is 1.39. The number of para-hydroxylation sites is 2. The van der Waals surface area contributed by atoms with Crippen LogP contribution in [0.15, 0.2) is 83.7 Å². The molecule has 1 unspecified atom stereocenters. The molecule has 0 aliphatic carbocycles. The molecule has 36 heavy (non-hydrogen) atoms. The van der Waals surface area contributed by atoms with Gasteiger partial charge in [0.05, 0.1) is 23.6 Å². The van der Waals surface area contributed by atoms with Gasteiger partial charge in [0, 0.05) is 19.0 Å². The Balaban J connectivity index is 1.33. The molecule has 0 radical (unpaired) electrons. The summed E-state index contributed by atoms with van der Waals surface area (Å²) in [5.41, 5.74) is 4.91. The van der Waals surface area contributed by atoms with Crippen molar-refractivity contribution >= 4 is 22.8 Å². The lowest BCUT2D eigenvalue weighted by atomic mass is 9.95. The van der Waals surface area contributed by atoms with Crippen LogP contribution in [-0.2, 0) is 11.3 Å². The van der Waals surface area contributed by atoms with Gasteiger partial charge in [0.1, 0.15) is 0 Å². The van der Waals surface area contributed by atoms with Crippen molar-refractivity contribution in [3.05, 3.63) is 106 Å². The van der Waals surface area contributed by atoms with Gasteiger partial charge in [-0.15, -0.1) is 0 Å². The van der Waals surface area contributed by atoms with E-state index in [1.165, 1.54) is 5.56 Å². The van der Waals surface area contributed by atoms with Crippen molar-refractivity contribution in [1.82, 2.24) is 14.9 Å². The number of anilines is 1. The van der Waals surface area contributed by atoms with E-state index in [2.05, 4.69) is 36.5 Å². The molecule has 1 N–H and O–H groups in total. The maximum Gasteiger partial charge on any atom is 0.294 e. The molecule has 1 amide bonds. The summed E-state index contributed by atoms with van der Waals surface area (Å²) in [6.45, 7) is 5.82. The Bertz CT molecular complexity index is 1400. The number of hydrogen-bond donors (Lipinski definition) is 1. The predicted molar refractivity (Wildman–Crippen MR) is 144 cm³/mol. The topological polar surface area (TPSA) is 67.2 Å². The lowest BCUT2D eigenvalue weighted by molar-refractivity contribution is -0.126. The Morgan fingerprint density at radius 1 is 0.972 bits per heavy atom. The maximum absolute atomic E-state index is 13.7. The summed E-state index contributed by atoms with van der Waals surface area (Å²) in [6, 6.07) is 26.0. The van der Waals surface area contributed by atoms with E-state index in [9.17, 15) is 9.59 Å². The standard InChI is InChI=1S/C30H32N4O2/c1-21-12-14-23(15-13-21)20-34-27-11-7-6-10-26(27)32-28(30(34)36)33-18-16-25(17-19-33)29(35)31-22(2)24-8-4-3-5-9-24/h3-15,22,25H,16-20H2,1-2H3,(H,31,35). The van der Waals surface area contributed by atoms with Gasteiger partial charge in [-0.2, -0.15) is 0 Å². The number of hydrogen-bond acceptors (Lipinski definition) is 4. The summed E-state index contributed by atoms with van der Waals surface area (Å²) in [5, 5.41) is 3.16. The first-order valence-electron chi connectivity index (χ1n) is 12.6. The van der Waals surface area contributed by atoms with Crippen LogP contribution < -0.4 is 15.8 Å². The third-order valence-corrected chi connectivity index (χ3v) is 7.12. The quantitative estimate of drug-likeness (QED) is 0.429. The summed E-state index contributed by atoms with van der Waals surface area (Å²) in [4.78, 5) is 33.4. The van der Waals surface area contributed by atoms with Gasteiger partial charge in [-0.1, -0.05) is 72.3 Å². The lowest BCUT2D eigenvalue weighted by Crippen LogP contribution is -2.43. The first-order valence-corrected chi connectivity index (χ1v) is 12.6. The highest BCUT2D eigenvalue weighted by atomic mass is 16.2. The van der Waals surface area contributed by atoms with Gasteiger partial charge in [-0.25, -0.2) is 4.98 Å². The van der Waals surface area contributed by atoms with Crippen molar-refractivity contribution < 1.29 is 4.79 Å². The molecule has 1 atom stereocenters. The van der Waals surface area contributed by atoms with Crippen LogP contribution in [0.3, 0.4) is 0 Å². The number of carbonyl (C=O) groups excluding carboxylic acids is 1. The van der Waals surface area contributed by atoms with Crippen molar-refractivity contribution in [2.75, 3.05) is 18.0 Å². The van der Waals surface area contributed by atoms with Crippen LogP contribution in [0.5, 0.6) is 0 Å². The van der Waals surface area contributed by atoms with Crippen LogP contribution in [0, 0.1) is 12.8 Å². The molecule has 5 rings (SSSR count). The number of rotatable bonds is 6. The van der Waals surface area contributed by atoms with Crippen LogP contribution in [0.25, 0.3) is 11.0 Å². The van der Waals surface area contributed by atoms with Gasteiger partial charge in [0.25, 0.3) is 5.56 Å². The molecule has 3 aromatic carbocycles. The molecule has 6 heteroatoms. The fraction of sp³-hybridized carbons (Fsp3) is 0.300. The number of amides is 1. The highest BCUT2D eigenvalue weighted by Crippen LogP contribution is 2.23. The van der Waals surface area contributed by atoms with E-state index in [0.717, 1.165) is 22.2 Å². The first kappa shape index (κ1) is 23.8. The maximum atomic E-state index is 13.7. The number of nitrogens with zero attached hydrogens (tertiary/aromatic N) is 3. The molecule has 6 nitrogen and oxygen atoms in total. The van der Waals surface area contributed by atoms with Crippen molar-refractivity contribution in [1.29, 1.82) is 0 Å². The number of nitrogens with one attached hydrogen (secondary N) is 1. The average molecular weight is 481 g/mol. The second kappa shape index (κ2) is 10.4. The second-order valence-corrected chi connectivity index (χ2v) is 9.70. The van der Waals surface area contributed by atoms with Crippen LogP contribution >= 0.6 is 0 Å². The van der Waals surface area contributed by atoms with Gasteiger partial charge < -0.3 is 10.2 Å². The smallest absolute Gasteiger partial charge is 0.294 e. The molecule has 0 saturated carbocycles. The number of carbonyl (C=O) groups is 1. The SMILES string of the molecule is Cc1ccc(Cn2c(=O)c(N3CCC(C(=O)NC(C)c4ccccc4)CC3)nc3ccccc32)cc1. The highest BCUT2D eigenvalue weighted by molar-refractivity contribution is 5.80. The van der Waals surface area contributed by atoms with Gasteiger partial charge in [0.15, 0.2) is 5.82 Å². The Kier molecular flexibility index (Phi) is 6.85. The van der Waals surface area contributed by atoms with E-state index in [0.29, 0.717) is 38.3 Å². The molecule has 1 aromatic heterocycles. The number of aromatic nitrogens is 2. The van der Waals surface area contributed by atoms with E-state index >= 15 is 0 Å². The Hall–Kier alpha value is -3.93. The average Bonchev–Trinajstić information content (AvgIpc) is 2.92. The van der Waals surface area contributed by atoms with Crippen molar-refractivity contribution in [3.8, 4) is 0 Å². The lowest BCUT2D eigenvalue weighted by Gasteiger charge is -2.32. The fourth-order valence-corrected chi connectivity index (χ4v) is 4.93. The molecule has 0 spiro atoms. The second-order valence-electron chi connectivity index (χ2n) is 9.70. The number of benzene rings is 3. The van der Waals surface area contributed by atoms with Crippen molar-refractivity contribution in [2.24, 2.45) is 5.92 Å². The molecule has 0 bridgehead atoms. The normalized spacial score (nSPS) is 15.1. The third kappa shape index (κ3) is 5.03. The Morgan fingerprint density at radius 2 is 1.64 bits per heavy atom. The number of fused-ring (bicyclic) bond motifs is 1. The van der Waals surface area contributed by atoms with Gasteiger partial charge >= 0.3 is 0 Å². The molecule has 1 saturated heterocycles. The van der Waals surface area contributed by atoms with Crippen LogP contribution in [0.1, 0.15) is 42.5 Å². The summed E-state index contributed by atoms with van der Waals surface area (Å²) < 4.78 is 1.82. The molecule has 2 heterocycles. The highest BCUT2D eigenvalue weighted by Gasteiger charge is 2.28. The largest absolute Gasteiger partial charge is 0.352 e. The monoisotopic (exact) mass is 480 g/mol. The van der Waals surface area contributed by atoms with Gasteiger partial charge in [-0.3, -0.25) is 14.2 Å². The Morgan fingerprint density at radius 3 is 2.36 bits per heavy atom. The minimum Gasteiger partial charge on any atom is -0.352 e. The Labute approximate surface area is 211 Å². The van der Waals surface area contributed by atoms with E-state index in [1.54, 1.807) is 0 Å². The summed E-state index contributed by atoms with van der Waals surface area (Å²) >= 11 is 0. The fourth-order valence-electron chi connectivity index (χ4n) is 4.93. The van der Waals surface area contributed by atoms with Crippen LogP contribution in [-0.4, -0.2) is 28.5 Å². The van der Waals surface area contributed by atoms with Crippen LogP contribution in [0.4, 0.5) is 5.82 Å². The third-order valence-electron chi connectivity index (χ3n) is 7.12. The number of aryl methyl sites for hydroxylation is 1. The van der Waals surface area contributed by atoms with Crippen molar-refractivity contribution in [3.63, 3.8) is 0 Å². The molecule has 4 aromatic rings. The van der Waals surface area contributed by atoms with Gasteiger partial charge in [-0.05, 0) is 49.9 Å². The van der Waals surface area contributed by atoms with Crippen LogP contribution in [0.2, 0.25) is 0 Å². The van der Waals surface area contributed by atoms with Gasteiger partial charge in [0.2, 0.25) is 5.91 Å². The molecular weight excluding hydrogens is 448 g/mol. The van der Waals surface area contributed by atoms with E-state index in [4.69, 9.17) is 4.98 Å². The van der Waals surface area contributed by atoms with E-state index < -0.39 is 0 Å². The molecule has 1 fully saturated rings. The zero-order chi connectivity index (χ0) is 25.1. The minimum absolute atomic E-state index is 0.0344. The number of piperidine rings is 1. The summed E-state index contributed by atoms with van der Waals surface area (Å²) in [7, 11) is 0. The molecule has 1 aliphatic heterocycles. The molecule has 1 aliphatic rings. The van der Waals surface area contributed by atoms with E-state index in [1.807, 2.05) is 71.0 Å². The summed E-state index contributed by atoms with van der Waals surface area (Å²) in [5.74, 6) is 0.481. The zero-order valence-electron chi connectivity index (χ0n) is 20.9. The zero-order valence-corrected chi connectivity index (χ0v) is 20.9. The minimum atomic E-state index is -0.0881. The van der Waals surface area contributed by atoms with Crippen molar-refractivity contribution in [2.45, 2.75) is 39.3 Å². The molecule has 184 valence electrons. The van der Waals surface area contributed by atoms with E-state index in [-0.39, 0.29) is 23.4 Å². The molecular formula is C30H32N4O2. The predicted octanol–water partition coefficient (Wildman–Crippen LogP) is 4.85.